The fourth-order valence-corrected chi connectivity index (χ4v) is 2.49. The van der Waals surface area contributed by atoms with Gasteiger partial charge in [-0.1, -0.05) is 35.4 Å². The van der Waals surface area contributed by atoms with Gasteiger partial charge < -0.3 is 24.8 Å². The van der Waals surface area contributed by atoms with Crippen LogP contribution in [0, 0.1) is 0 Å². The standard InChI is InChI=1S/C15H10Cl.C5H5.C2H6Si.2ClH.Zr/c16-13-9-7-12(8-10-13)15-6-2-4-11-3-1-5-14(11)15;1-2-4-5-3-1;1-3-2;;;/h1-10H;1-5H;1-2H3;2*1H;/q2*-1;;;;+2/p-2. The molecule has 0 atom stereocenters. The first-order valence-electron chi connectivity index (χ1n) is 8.17. The summed E-state index contributed by atoms with van der Waals surface area (Å²) < 4.78 is 0. The molecular formula is C22H21Cl3SiZr-2. The van der Waals surface area contributed by atoms with Crippen molar-refractivity contribution in [3.8, 4) is 11.1 Å². The zero-order valence-corrected chi connectivity index (χ0v) is 21.0. The molecule has 27 heavy (non-hydrogen) atoms. The normalized spacial score (nSPS) is 8.93. The van der Waals surface area contributed by atoms with Crippen LogP contribution in [-0.4, -0.2) is 5.43 Å². The van der Waals surface area contributed by atoms with Gasteiger partial charge in [0.1, 0.15) is 0 Å². The van der Waals surface area contributed by atoms with Crippen LogP contribution in [0.2, 0.25) is 18.1 Å². The van der Waals surface area contributed by atoms with E-state index < -0.39 is 0 Å². The summed E-state index contributed by atoms with van der Waals surface area (Å²) in [6.07, 6.45) is 0. The molecule has 0 N–H and O–H groups in total. The molecule has 0 aromatic heterocycles. The molecule has 0 unspecified atom stereocenters. The SMILES string of the molecule is C[Si](C)=[Zr+2].Clc1ccc(-c2cccc3[cH-]ccc23)cc1.[Cl-].[Cl-].c1cc[cH-]c1. The molecule has 0 aliphatic carbocycles. The Morgan fingerprint density at radius 2 is 1.41 bits per heavy atom. The van der Waals surface area contributed by atoms with Gasteiger partial charge in [-0.3, -0.25) is 0 Å². The molecular weight excluding hydrogens is 490 g/mol. The Labute approximate surface area is 194 Å². The Hall–Kier alpha value is -0.630. The summed E-state index contributed by atoms with van der Waals surface area (Å²) in [5.74, 6) is 0. The second-order valence-electron chi connectivity index (χ2n) is 5.80. The van der Waals surface area contributed by atoms with E-state index in [1.165, 1.54) is 21.9 Å². The topological polar surface area (TPSA) is 0 Å². The van der Waals surface area contributed by atoms with Crippen LogP contribution >= 0.6 is 11.6 Å². The summed E-state index contributed by atoms with van der Waals surface area (Å²) in [7, 11) is 0. The second-order valence-corrected chi connectivity index (χ2v) is 15.6. The molecule has 0 spiro atoms. The maximum Gasteiger partial charge on any atom is 0.0406 e. The fourth-order valence-electron chi connectivity index (χ4n) is 2.36. The summed E-state index contributed by atoms with van der Waals surface area (Å²) in [4.78, 5) is 0. The van der Waals surface area contributed by atoms with Gasteiger partial charge in [0.05, 0.1) is 0 Å². The Balaban J connectivity index is 0.000000518. The molecule has 0 amide bonds. The van der Waals surface area contributed by atoms with Gasteiger partial charge >= 0.3 is 41.9 Å². The van der Waals surface area contributed by atoms with Crippen molar-refractivity contribution >= 4 is 27.8 Å². The van der Waals surface area contributed by atoms with Gasteiger partial charge in [-0.15, -0.1) is 29.0 Å². The van der Waals surface area contributed by atoms with Gasteiger partial charge in [0.2, 0.25) is 0 Å². The number of halogens is 3. The van der Waals surface area contributed by atoms with Crippen LogP contribution < -0.4 is 24.8 Å². The van der Waals surface area contributed by atoms with Crippen molar-refractivity contribution < 1.29 is 48.1 Å². The maximum atomic E-state index is 5.90. The van der Waals surface area contributed by atoms with Crippen molar-refractivity contribution in [3.63, 3.8) is 0 Å². The van der Waals surface area contributed by atoms with Crippen LogP contribution in [0.4, 0.5) is 0 Å². The summed E-state index contributed by atoms with van der Waals surface area (Å²) in [6, 6.07) is 30.7. The zero-order chi connectivity index (χ0) is 18.1. The average molecular weight is 511 g/mol. The van der Waals surface area contributed by atoms with E-state index in [0.29, 0.717) is 0 Å². The van der Waals surface area contributed by atoms with Crippen LogP contribution in [0.5, 0.6) is 0 Å². The Morgan fingerprint density at radius 1 is 0.815 bits per heavy atom. The van der Waals surface area contributed by atoms with E-state index in [0.717, 1.165) is 5.02 Å². The molecule has 0 nitrogen and oxygen atoms in total. The van der Waals surface area contributed by atoms with Crippen LogP contribution in [0.3, 0.4) is 0 Å². The average Bonchev–Trinajstić information content (AvgIpc) is 3.29. The third kappa shape index (κ3) is 9.41. The first-order chi connectivity index (χ1) is 12.1. The van der Waals surface area contributed by atoms with Crippen molar-refractivity contribution in [3.05, 3.63) is 96.0 Å². The number of hydrogen-bond acceptors (Lipinski definition) is 0. The van der Waals surface area contributed by atoms with Crippen molar-refractivity contribution in [1.82, 2.24) is 0 Å². The maximum absolute atomic E-state index is 5.90. The Bertz CT molecular complexity index is 876. The monoisotopic (exact) mass is 508 g/mol. The van der Waals surface area contributed by atoms with Crippen molar-refractivity contribution in [2.45, 2.75) is 13.1 Å². The summed E-state index contributed by atoms with van der Waals surface area (Å²) in [5, 5.41) is 3.36. The summed E-state index contributed by atoms with van der Waals surface area (Å²) >= 11 is 7.63. The molecule has 4 rings (SSSR count). The quantitative estimate of drug-likeness (QED) is 0.265. The third-order valence-electron chi connectivity index (χ3n) is 3.39. The molecule has 0 saturated carbocycles. The molecule has 4 aromatic rings. The largest absolute Gasteiger partial charge is 1.00 e. The summed E-state index contributed by atoms with van der Waals surface area (Å²) in [5.41, 5.74) is 2.68. The van der Waals surface area contributed by atoms with Crippen LogP contribution in [0.25, 0.3) is 21.9 Å². The van der Waals surface area contributed by atoms with Gasteiger partial charge in [-0.25, -0.2) is 12.1 Å². The predicted molar refractivity (Wildman–Crippen MR) is 110 cm³/mol. The van der Waals surface area contributed by atoms with Crippen molar-refractivity contribution in [2.75, 3.05) is 0 Å². The van der Waals surface area contributed by atoms with E-state index in [1.807, 2.05) is 42.5 Å². The molecule has 140 valence electrons. The van der Waals surface area contributed by atoms with E-state index in [4.69, 9.17) is 11.6 Å². The zero-order valence-electron chi connectivity index (χ0n) is 15.3. The number of hydrogen-bond donors (Lipinski definition) is 0. The molecule has 0 aliphatic heterocycles. The number of rotatable bonds is 1. The number of benzene rings is 2. The van der Waals surface area contributed by atoms with Crippen LogP contribution in [0.15, 0.2) is 91.0 Å². The second kappa shape index (κ2) is 14.4. The minimum absolute atomic E-state index is 0. The van der Waals surface area contributed by atoms with Crippen LogP contribution in [0.1, 0.15) is 0 Å². The summed E-state index contributed by atoms with van der Waals surface area (Å²) in [6.45, 7) is 4.62. The predicted octanol–water partition coefficient (Wildman–Crippen LogP) is 1.08. The Kier molecular flexibility index (Phi) is 14.0. The van der Waals surface area contributed by atoms with E-state index in [1.54, 1.807) is 23.3 Å². The molecule has 0 radical (unpaired) electrons. The van der Waals surface area contributed by atoms with Crippen molar-refractivity contribution in [1.29, 1.82) is 0 Å². The minimum atomic E-state index is 0. The van der Waals surface area contributed by atoms with Gasteiger partial charge in [0, 0.05) is 5.02 Å². The first-order valence-corrected chi connectivity index (χ1v) is 14.7. The van der Waals surface area contributed by atoms with Crippen molar-refractivity contribution in [2.24, 2.45) is 0 Å². The van der Waals surface area contributed by atoms with E-state index in [2.05, 4.69) is 61.6 Å². The molecule has 5 heteroatoms. The van der Waals surface area contributed by atoms with Gasteiger partial charge in [-0.05, 0) is 17.7 Å². The first kappa shape index (κ1) is 26.4. The van der Waals surface area contributed by atoms with E-state index >= 15 is 0 Å². The number of fused-ring (bicyclic) bond motifs is 1. The Morgan fingerprint density at radius 3 is 1.93 bits per heavy atom. The van der Waals surface area contributed by atoms with Gasteiger partial charge in [0.25, 0.3) is 0 Å². The molecule has 0 saturated heterocycles. The fraction of sp³-hybridized carbons (Fsp3) is 0.0909. The smallest absolute Gasteiger partial charge is 0.0406 e. The van der Waals surface area contributed by atoms with Gasteiger partial charge in [-0.2, -0.15) is 30.3 Å². The van der Waals surface area contributed by atoms with E-state index in [-0.39, 0.29) is 30.2 Å². The van der Waals surface area contributed by atoms with Gasteiger partial charge in [0.15, 0.2) is 0 Å². The molecule has 4 aromatic carbocycles. The molecule has 0 heterocycles. The van der Waals surface area contributed by atoms with E-state index in [9.17, 15) is 0 Å². The molecule has 0 fully saturated rings. The molecule has 0 aliphatic rings. The minimum Gasteiger partial charge on any atom is -1.00 e. The third-order valence-corrected chi connectivity index (χ3v) is 3.64. The van der Waals surface area contributed by atoms with Crippen LogP contribution in [-0.2, 0) is 23.3 Å². The molecule has 0 bridgehead atoms.